The van der Waals surface area contributed by atoms with Gasteiger partial charge in [-0.05, 0) is 18.2 Å². The first-order valence-corrected chi connectivity index (χ1v) is 6.84. The van der Waals surface area contributed by atoms with Gasteiger partial charge in [0.05, 0.1) is 6.61 Å². The van der Waals surface area contributed by atoms with Crippen LogP contribution in [0.4, 0.5) is 8.78 Å². The third-order valence-corrected chi connectivity index (χ3v) is 2.81. The van der Waals surface area contributed by atoms with Gasteiger partial charge in [-0.1, -0.05) is 21.9 Å². The second-order valence-electron chi connectivity index (χ2n) is 3.89. The Hall–Kier alpha value is -1.16. The quantitative estimate of drug-likeness (QED) is 0.550. The van der Waals surface area contributed by atoms with Crippen molar-refractivity contribution in [2.45, 2.75) is 13.0 Å². The molecular weight excluding hydrogens is 332 g/mol. The van der Waals surface area contributed by atoms with Crippen LogP contribution < -0.4 is 10.1 Å². The number of alkyl halides is 2. The summed E-state index contributed by atoms with van der Waals surface area (Å²) in [6.07, 6.45) is 2.73. The van der Waals surface area contributed by atoms with Crippen molar-refractivity contribution in [2.24, 2.45) is 0 Å². The molecule has 20 heavy (non-hydrogen) atoms. The average molecular weight is 348 g/mol. The minimum absolute atomic E-state index is 0.201. The topological polar surface area (TPSA) is 30.5 Å². The van der Waals surface area contributed by atoms with Crippen molar-refractivity contribution in [3.8, 4) is 18.1 Å². The van der Waals surface area contributed by atoms with Crippen LogP contribution in [0.1, 0.15) is 5.56 Å². The van der Waals surface area contributed by atoms with Gasteiger partial charge >= 0.3 is 0 Å². The monoisotopic (exact) mass is 347 g/mol. The highest BCUT2D eigenvalue weighted by molar-refractivity contribution is 9.10. The van der Waals surface area contributed by atoms with Crippen molar-refractivity contribution in [2.75, 3.05) is 26.4 Å². The maximum Gasteiger partial charge on any atom is 0.261 e. The van der Waals surface area contributed by atoms with Gasteiger partial charge in [0.15, 0.2) is 0 Å². The number of rotatable bonds is 9. The van der Waals surface area contributed by atoms with Crippen LogP contribution >= 0.6 is 15.9 Å². The first-order valence-electron chi connectivity index (χ1n) is 6.04. The number of hydrogen-bond acceptors (Lipinski definition) is 3. The Bertz CT molecular complexity index is 449. The maximum atomic E-state index is 11.8. The lowest BCUT2D eigenvalue weighted by molar-refractivity contribution is 0.0187. The lowest BCUT2D eigenvalue weighted by Gasteiger charge is -2.11. The third kappa shape index (κ3) is 6.85. The molecule has 0 aromatic heterocycles. The number of terminal acetylenes is 1. The van der Waals surface area contributed by atoms with Gasteiger partial charge in [0.25, 0.3) is 6.43 Å². The van der Waals surface area contributed by atoms with Crippen molar-refractivity contribution >= 4 is 15.9 Å². The molecule has 0 fully saturated rings. The molecule has 0 unspecified atom stereocenters. The lowest BCUT2D eigenvalue weighted by Crippen LogP contribution is -2.21. The third-order valence-electron chi connectivity index (χ3n) is 2.32. The molecule has 3 nitrogen and oxygen atoms in total. The van der Waals surface area contributed by atoms with E-state index in [1.807, 2.05) is 18.2 Å². The maximum absolute atomic E-state index is 11.8. The number of halogens is 3. The van der Waals surface area contributed by atoms with E-state index in [2.05, 4.69) is 27.2 Å². The van der Waals surface area contributed by atoms with E-state index in [-0.39, 0.29) is 13.2 Å². The summed E-state index contributed by atoms with van der Waals surface area (Å²) in [5.74, 6) is 3.11. The molecule has 0 spiro atoms. The zero-order valence-electron chi connectivity index (χ0n) is 10.9. The van der Waals surface area contributed by atoms with Gasteiger partial charge in [-0.3, -0.25) is 0 Å². The molecule has 1 aromatic carbocycles. The van der Waals surface area contributed by atoms with Crippen molar-refractivity contribution in [1.82, 2.24) is 5.32 Å². The zero-order valence-corrected chi connectivity index (χ0v) is 12.5. The van der Waals surface area contributed by atoms with Crippen molar-refractivity contribution < 1.29 is 18.3 Å². The summed E-state index contributed by atoms with van der Waals surface area (Å²) in [5, 5.41) is 3.10. The minimum atomic E-state index is -2.43. The molecule has 1 rings (SSSR count). The Morgan fingerprint density at radius 2 is 2.20 bits per heavy atom. The van der Waals surface area contributed by atoms with Gasteiger partial charge in [-0.2, -0.15) is 0 Å². The van der Waals surface area contributed by atoms with E-state index in [1.165, 1.54) is 0 Å². The molecule has 110 valence electrons. The summed E-state index contributed by atoms with van der Waals surface area (Å²) in [4.78, 5) is 0. The highest BCUT2D eigenvalue weighted by atomic mass is 79.9. The molecule has 0 amide bonds. The van der Waals surface area contributed by atoms with Crippen molar-refractivity contribution in [3.63, 3.8) is 0 Å². The number of ether oxygens (including phenoxy) is 2. The molecule has 0 bridgehead atoms. The Morgan fingerprint density at radius 1 is 1.40 bits per heavy atom. The van der Waals surface area contributed by atoms with Gasteiger partial charge in [0.1, 0.15) is 19.0 Å². The summed E-state index contributed by atoms with van der Waals surface area (Å²) in [5.41, 5.74) is 0.934. The standard InChI is InChI=1S/C14H16BrF2NO2/c1-2-6-20-13-4-3-12(15)8-11(13)9-18-5-7-19-10-14(16)17/h1,3-4,8,14,18H,5-7,9-10H2. The van der Waals surface area contributed by atoms with Crippen LogP contribution in [0, 0.1) is 12.3 Å². The predicted octanol–water partition coefficient (Wildman–Crippen LogP) is 2.83. The Labute approximate surface area is 125 Å². The molecule has 6 heteroatoms. The largest absolute Gasteiger partial charge is 0.481 e. The molecule has 0 radical (unpaired) electrons. The van der Waals surface area contributed by atoms with E-state index in [1.54, 1.807) is 0 Å². The van der Waals surface area contributed by atoms with Crippen molar-refractivity contribution in [3.05, 3.63) is 28.2 Å². The average Bonchev–Trinajstić information content (AvgIpc) is 2.41. The van der Waals surface area contributed by atoms with Crippen LogP contribution in [0.2, 0.25) is 0 Å². The van der Waals surface area contributed by atoms with E-state index in [4.69, 9.17) is 15.9 Å². The van der Waals surface area contributed by atoms with E-state index >= 15 is 0 Å². The highest BCUT2D eigenvalue weighted by Gasteiger charge is 2.05. The Balaban J connectivity index is 2.38. The van der Waals surface area contributed by atoms with E-state index in [0.717, 1.165) is 10.0 Å². The summed E-state index contributed by atoms with van der Waals surface area (Å²) in [6.45, 7) is 0.922. The molecule has 0 aliphatic rings. The summed E-state index contributed by atoms with van der Waals surface area (Å²) in [7, 11) is 0. The summed E-state index contributed by atoms with van der Waals surface area (Å²) in [6, 6.07) is 5.60. The zero-order chi connectivity index (χ0) is 14.8. The molecule has 1 aromatic rings. The van der Waals surface area contributed by atoms with Gasteiger partial charge in [0.2, 0.25) is 0 Å². The smallest absolute Gasteiger partial charge is 0.261 e. The number of hydrogen-bond donors (Lipinski definition) is 1. The number of benzene rings is 1. The van der Waals surface area contributed by atoms with Crippen LogP contribution in [0.3, 0.4) is 0 Å². The molecule has 0 atom stereocenters. The van der Waals surface area contributed by atoms with Crippen molar-refractivity contribution in [1.29, 1.82) is 0 Å². The summed E-state index contributed by atoms with van der Waals surface area (Å²) < 4.78 is 34.8. The van der Waals surface area contributed by atoms with Crippen LogP contribution in [-0.2, 0) is 11.3 Å². The fraction of sp³-hybridized carbons (Fsp3) is 0.429. The first kappa shape index (κ1) is 16.9. The second-order valence-corrected chi connectivity index (χ2v) is 4.80. The van der Waals surface area contributed by atoms with E-state index in [0.29, 0.717) is 18.8 Å². The Kier molecular flexibility index (Phi) is 8.19. The molecule has 0 aliphatic carbocycles. The molecule has 0 saturated heterocycles. The van der Waals surface area contributed by atoms with Gasteiger partial charge in [-0.15, -0.1) is 6.42 Å². The van der Waals surface area contributed by atoms with Crippen LogP contribution in [0.5, 0.6) is 5.75 Å². The fourth-order valence-corrected chi connectivity index (χ4v) is 1.89. The normalized spacial score (nSPS) is 10.6. The second kappa shape index (κ2) is 9.70. The molecule has 1 N–H and O–H groups in total. The van der Waals surface area contributed by atoms with Gasteiger partial charge in [0, 0.05) is 23.1 Å². The lowest BCUT2D eigenvalue weighted by atomic mass is 10.2. The van der Waals surface area contributed by atoms with E-state index < -0.39 is 13.0 Å². The first-order chi connectivity index (χ1) is 9.63. The minimum Gasteiger partial charge on any atom is -0.481 e. The van der Waals surface area contributed by atoms with Gasteiger partial charge in [-0.25, -0.2) is 8.78 Å². The van der Waals surface area contributed by atoms with Crippen LogP contribution in [-0.4, -0.2) is 32.8 Å². The summed E-state index contributed by atoms with van der Waals surface area (Å²) >= 11 is 3.38. The molecular formula is C14H16BrF2NO2. The molecule has 0 aliphatic heterocycles. The molecule has 0 heterocycles. The van der Waals surface area contributed by atoms with Crippen LogP contribution in [0.15, 0.2) is 22.7 Å². The fourth-order valence-electron chi connectivity index (χ4n) is 1.49. The molecule has 0 saturated carbocycles. The highest BCUT2D eigenvalue weighted by Crippen LogP contribution is 2.23. The van der Waals surface area contributed by atoms with E-state index in [9.17, 15) is 8.78 Å². The predicted molar refractivity (Wildman–Crippen MR) is 77.0 cm³/mol. The SMILES string of the molecule is C#CCOc1ccc(Br)cc1CNCCOCC(F)F. The van der Waals surface area contributed by atoms with Crippen LogP contribution in [0.25, 0.3) is 0 Å². The van der Waals surface area contributed by atoms with Gasteiger partial charge < -0.3 is 14.8 Å². The Morgan fingerprint density at radius 3 is 2.90 bits per heavy atom. The number of nitrogens with one attached hydrogen (secondary N) is 1.